The number of aromatic nitrogens is 4. The van der Waals surface area contributed by atoms with E-state index in [4.69, 9.17) is 15.1 Å². The second-order valence-corrected chi connectivity index (χ2v) is 17.8. The van der Waals surface area contributed by atoms with Crippen molar-refractivity contribution in [2.75, 3.05) is 61.8 Å². The highest BCUT2D eigenvalue weighted by molar-refractivity contribution is 6.06. The Morgan fingerprint density at radius 3 is 2.49 bits per heavy atom. The zero-order valence-corrected chi connectivity index (χ0v) is 36.5. The molecule has 2 aromatic carbocycles. The van der Waals surface area contributed by atoms with Gasteiger partial charge in [0.25, 0.3) is 11.8 Å². The second kappa shape index (κ2) is 17.8. The zero-order chi connectivity index (χ0) is 45.4. The Morgan fingerprint density at radius 2 is 1.75 bits per heavy atom. The first-order chi connectivity index (χ1) is 31.3. The number of fused-ring (bicyclic) bond motifs is 1. The number of primary amides is 1. The van der Waals surface area contributed by atoms with E-state index in [0.717, 1.165) is 43.5 Å². The molecule has 5 aliphatic rings. The Balaban J connectivity index is 0.749. The van der Waals surface area contributed by atoms with Crippen LogP contribution in [-0.4, -0.2) is 134 Å². The fourth-order valence-electron chi connectivity index (χ4n) is 9.63. The fourth-order valence-corrected chi connectivity index (χ4v) is 9.63. The van der Waals surface area contributed by atoms with E-state index < -0.39 is 17.9 Å². The van der Waals surface area contributed by atoms with Crippen molar-refractivity contribution in [2.24, 2.45) is 5.73 Å². The van der Waals surface area contributed by atoms with Crippen LogP contribution in [0, 0.1) is 0 Å². The van der Waals surface area contributed by atoms with Gasteiger partial charge in [0.1, 0.15) is 11.9 Å². The molecule has 0 saturated carbocycles. The van der Waals surface area contributed by atoms with Crippen LogP contribution in [0.1, 0.15) is 96.2 Å². The Bertz CT molecular complexity index is 2520. The molecule has 0 spiro atoms. The molecule has 20 heteroatoms. The molecule has 7 amide bonds. The number of imide groups is 1. The van der Waals surface area contributed by atoms with Crippen molar-refractivity contribution in [2.45, 2.75) is 88.8 Å². The van der Waals surface area contributed by atoms with E-state index in [0.29, 0.717) is 80.5 Å². The highest BCUT2D eigenvalue weighted by atomic mass is 16.4. The van der Waals surface area contributed by atoms with Gasteiger partial charge in [-0.3, -0.25) is 29.3 Å². The number of benzene rings is 2. The molecule has 1 unspecified atom stereocenters. The van der Waals surface area contributed by atoms with Crippen LogP contribution in [0.25, 0.3) is 0 Å². The van der Waals surface area contributed by atoms with E-state index in [1.807, 2.05) is 29.0 Å². The number of hydrogen-bond acceptors (Lipinski definition) is 14. The first-order valence-corrected chi connectivity index (χ1v) is 22.3. The molecule has 5 N–H and O–H groups in total. The molecule has 5 aliphatic heterocycles. The van der Waals surface area contributed by atoms with E-state index in [-0.39, 0.29) is 72.1 Å². The highest BCUT2D eigenvalue weighted by Crippen LogP contribution is 2.37. The Morgan fingerprint density at radius 1 is 0.954 bits per heavy atom. The molecule has 4 saturated heterocycles. The number of piperidine rings is 3. The fraction of sp³-hybridized carbons (Fsp3) is 0.467. The molecule has 340 valence electrons. The molecule has 0 radical (unpaired) electrons. The van der Waals surface area contributed by atoms with E-state index in [1.165, 1.54) is 4.90 Å². The lowest BCUT2D eigenvalue weighted by atomic mass is 9.74. The summed E-state index contributed by atoms with van der Waals surface area (Å²) in [5.74, 6) is -0.449. The zero-order valence-electron chi connectivity index (χ0n) is 36.5. The second-order valence-electron chi connectivity index (χ2n) is 17.8. The largest absolute Gasteiger partial charge is 0.408 e. The highest BCUT2D eigenvalue weighted by Gasteiger charge is 2.40. The van der Waals surface area contributed by atoms with E-state index in [2.05, 4.69) is 55.1 Å². The molecule has 2 atom stereocenters. The van der Waals surface area contributed by atoms with Crippen LogP contribution < -0.4 is 26.6 Å². The van der Waals surface area contributed by atoms with Gasteiger partial charge in [-0.2, -0.15) is 0 Å². The summed E-state index contributed by atoms with van der Waals surface area (Å²) < 4.78 is 5.86. The Kier molecular flexibility index (Phi) is 11.8. The first-order valence-electron chi connectivity index (χ1n) is 22.3. The molecule has 20 nitrogen and oxygen atoms in total. The van der Waals surface area contributed by atoms with Gasteiger partial charge in [0, 0.05) is 94.6 Å². The summed E-state index contributed by atoms with van der Waals surface area (Å²) in [6.07, 6.45) is 6.69. The molecule has 0 bridgehead atoms. The van der Waals surface area contributed by atoms with Crippen LogP contribution in [0.15, 0.2) is 53.1 Å². The van der Waals surface area contributed by atoms with Gasteiger partial charge in [-0.15, -0.1) is 5.10 Å². The van der Waals surface area contributed by atoms with Gasteiger partial charge in [0.2, 0.25) is 23.6 Å². The van der Waals surface area contributed by atoms with Crippen molar-refractivity contribution in [3.63, 3.8) is 0 Å². The molecule has 7 heterocycles. The van der Waals surface area contributed by atoms with E-state index in [9.17, 15) is 28.8 Å². The topological polar surface area (TPSA) is 245 Å². The maximum atomic E-state index is 13.3. The Hall–Kier alpha value is -7.12. The third-order valence-corrected chi connectivity index (χ3v) is 13.5. The number of rotatable bonds is 13. The van der Waals surface area contributed by atoms with Gasteiger partial charge in [0.05, 0.1) is 12.2 Å². The van der Waals surface area contributed by atoms with Gasteiger partial charge >= 0.3 is 12.0 Å². The quantitative estimate of drug-likeness (QED) is 0.141. The number of carbonyl (C=O) groups is 6. The number of likely N-dealkylation sites (tertiary alicyclic amines) is 1. The number of likely N-dealkylation sites (N-methyl/N-ethyl adjacent to an activating group) is 1. The number of nitrogens with zero attached hydrogens (tertiary/aromatic N) is 9. The van der Waals surface area contributed by atoms with Crippen LogP contribution in [-0.2, 0) is 32.8 Å². The van der Waals surface area contributed by atoms with Crippen LogP contribution in [0.2, 0.25) is 0 Å². The maximum absolute atomic E-state index is 13.3. The minimum absolute atomic E-state index is 0.0406. The maximum Gasteiger partial charge on any atom is 0.320 e. The van der Waals surface area contributed by atoms with Crippen molar-refractivity contribution < 1.29 is 33.2 Å². The number of hydrogen-bond donors (Lipinski definition) is 4. The van der Waals surface area contributed by atoms with Gasteiger partial charge in [-0.1, -0.05) is 30.2 Å². The van der Waals surface area contributed by atoms with Gasteiger partial charge in [0.15, 0.2) is 11.5 Å². The predicted molar refractivity (Wildman–Crippen MR) is 236 cm³/mol. The van der Waals surface area contributed by atoms with Crippen molar-refractivity contribution >= 4 is 64.6 Å². The van der Waals surface area contributed by atoms with Crippen molar-refractivity contribution in [3.05, 3.63) is 76.9 Å². The normalized spacial score (nSPS) is 20.9. The smallest absolute Gasteiger partial charge is 0.320 e. The third-order valence-electron chi connectivity index (χ3n) is 13.5. The summed E-state index contributed by atoms with van der Waals surface area (Å²) in [6, 6.07) is 12.8. The number of carbonyl (C=O) groups excluding carboxylic acids is 6. The van der Waals surface area contributed by atoms with Crippen LogP contribution >= 0.6 is 0 Å². The van der Waals surface area contributed by atoms with Gasteiger partial charge < -0.3 is 45.3 Å². The minimum Gasteiger partial charge on any atom is -0.408 e. The molecule has 4 aromatic rings. The first kappa shape index (κ1) is 43.1. The number of nitrogens with two attached hydrogens (primary N) is 1. The number of amides is 7. The van der Waals surface area contributed by atoms with Crippen molar-refractivity contribution in [3.8, 4) is 0 Å². The molecular formula is C45H53N13O7. The lowest BCUT2D eigenvalue weighted by Gasteiger charge is -2.40. The van der Waals surface area contributed by atoms with Crippen molar-refractivity contribution in [1.82, 2.24) is 45.1 Å². The number of nitrogens with one attached hydrogen (secondary N) is 3. The van der Waals surface area contributed by atoms with Gasteiger partial charge in [-0.25, -0.2) is 14.8 Å². The predicted octanol–water partition coefficient (Wildman–Crippen LogP) is 3.45. The summed E-state index contributed by atoms with van der Waals surface area (Å²) in [4.78, 5) is 94.2. The van der Waals surface area contributed by atoms with Gasteiger partial charge in [-0.05, 0) is 73.8 Å². The molecular weight excluding hydrogens is 835 g/mol. The number of urea groups is 1. The van der Waals surface area contributed by atoms with E-state index in [1.54, 1.807) is 29.3 Å². The SMILES string of the molecule is CN1CCN([C@@H]2CCCN(c3cnc(C(N)=O)c(Nc4ccc(C5(C)CCN(C(=O)CCCc6nnc(Nc7cccc8c7CN(C7CCC(=O)NC7=O)C8=O)o6)CC5)cc4)n3)C2)C1=O. The summed E-state index contributed by atoms with van der Waals surface area (Å²) in [7, 11) is 1.82. The minimum atomic E-state index is -0.722. The Labute approximate surface area is 375 Å². The number of aryl methyl sites for hydroxylation is 1. The van der Waals surface area contributed by atoms with Crippen LogP contribution in [0.4, 0.5) is 33.8 Å². The van der Waals surface area contributed by atoms with Crippen LogP contribution in [0.5, 0.6) is 0 Å². The molecule has 9 rings (SSSR count). The lowest BCUT2D eigenvalue weighted by molar-refractivity contribution is -0.137. The summed E-state index contributed by atoms with van der Waals surface area (Å²) in [6.45, 7) is 6.46. The standard InChI is InChI=1S/C45H53N13O7/c1-45(27-11-13-28(14-12-27)48-40-38(39(46)61)47-24-34(50-40)56-19-5-6-29(25-56)57-23-22-54(2)44(57)64)17-20-55(21-18-45)37(60)10-4-9-36-52-53-43(65-36)49-32-8-3-7-30-31(32)26-58(42(30)63)33-15-16-35(59)51-41(33)62/h3,7-8,11-14,24,29,33H,4-6,9-10,15-23,25-26H2,1-2H3,(H2,46,61)(H,48,50)(H,49,53)(H,51,59,62)/t29-,33?/m1/s1. The third kappa shape index (κ3) is 8.88. The molecule has 2 aromatic heterocycles. The molecule has 4 fully saturated rings. The summed E-state index contributed by atoms with van der Waals surface area (Å²) in [5, 5.41) is 17.0. The molecule has 0 aliphatic carbocycles. The average Bonchev–Trinajstić information content (AvgIpc) is 4.00. The summed E-state index contributed by atoms with van der Waals surface area (Å²) >= 11 is 0. The number of anilines is 5. The monoisotopic (exact) mass is 887 g/mol. The molecule has 65 heavy (non-hydrogen) atoms. The van der Waals surface area contributed by atoms with Crippen LogP contribution in [0.3, 0.4) is 0 Å². The lowest BCUT2D eigenvalue weighted by Crippen LogP contribution is -2.52. The summed E-state index contributed by atoms with van der Waals surface area (Å²) in [5.41, 5.74) is 9.24. The van der Waals surface area contributed by atoms with Crippen molar-refractivity contribution in [1.29, 1.82) is 0 Å². The average molecular weight is 888 g/mol. The van der Waals surface area contributed by atoms with E-state index >= 15 is 0 Å².